The van der Waals surface area contributed by atoms with Crippen LogP contribution in [0.5, 0.6) is 11.5 Å². The van der Waals surface area contributed by atoms with Crippen molar-refractivity contribution in [3.8, 4) is 22.6 Å². The molecular weight excluding hydrogens is 269 g/mol. The standard InChI is InChI=1S/C14H11ClFNO2/c15-8-5-10(9-3-1-2-4-11(9)16)14-12(6-8)18-13(7-17)19-14/h1-6,13H,7,17H2. The van der Waals surface area contributed by atoms with Crippen LogP contribution in [0.15, 0.2) is 36.4 Å². The fourth-order valence-electron chi connectivity index (χ4n) is 2.05. The Morgan fingerprint density at radius 1 is 1.16 bits per heavy atom. The van der Waals surface area contributed by atoms with Gasteiger partial charge in [0.15, 0.2) is 11.5 Å². The first-order valence-electron chi connectivity index (χ1n) is 5.81. The van der Waals surface area contributed by atoms with Crippen molar-refractivity contribution in [2.45, 2.75) is 6.29 Å². The van der Waals surface area contributed by atoms with E-state index < -0.39 is 6.29 Å². The van der Waals surface area contributed by atoms with Crippen molar-refractivity contribution in [3.63, 3.8) is 0 Å². The smallest absolute Gasteiger partial charge is 0.253 e. The minimum atomic E-state index is -0.556. The first-order valence-corrected chi connectivity index (χ1v) is 6.18. The third-order valence-electron chi connectivity index (χ3n) is 2.88. The van der Waals surface area contributed by atoms with Crippen molar-refractivity contribution in [2.75, 3.05) is 6.54 Å². The van der Waals surface area contributed by atoms with Gasteiger partial charge in [-0.3, -0.25) is 0 Å². The van der Waals surface area contributed by atoms with Gasteiger partial charge >= 0.3 is 0 Å². The van der Waals surface area contributed by atoms with Gasteiger partial charge in [-0.15, -0.1) is 0 Å². The van der Waals surface area contributed by atoms with Gasteiger partial charge in [0.05, 0.1) is 6.54 Å². The van der Waals surface area contributed by atoms with Crippen molar-refractivity contribution in [1.82, 2.24) is 0 Å². The summed E-state index contributed by atoms with van der Waals surface area (Å²) in [5.74, 6) is 0.623. The third-order valence-corrected chi connectivity index (χ3v) is 3.10. The average molecular weight is 280 g/mol. The fourth-order valence-corrected chi connectivity index (χ4v) is 2.26. The van der Waals surface area contributed by atoms with Crippen LogP contribution in [0.3, 0.4) is 0 Å². The molecule has 1 unspecified atom stereocenters. The molecule has 1 aliphatic heterocycles. The molecule has 0 amide bonds. The van der Waals surface area contributed by atoms with Crippen LogP contribution in [-0.4, -0.2) is 12.8 Å². The molecule has 0 fully saturated rings. The number of benzene rings is 2. The highest BCUT2D eigenvalue weighted by atomic mass is 35.5. The first-order chi connectivity index (χ1) is 9.19. The zero-order chi connectivity index (χ0) is 13.4. The lowest BCUT2D eigenvalue weighted by Crippen LogP contribution is -2.28. The van der Waals surface area contributed by atoms with Gasteiger partial charge in [0.1, 0.15) is 5.82 Å². The Kier molecular flexibility index (Phi) is 3.05. The third kappa shape index (κ3) is 2.13. The average Bonchev–Trinajstić information content (AvgIpc) is 2.81. The quantitative estimate of drug-likeness (QED) is 0.918. The number of hydrogen-bond donors (Lipinski definition) is 1. The topological polar surface area (TPSA) is 44.5 Å². The second kappa shape index (κ2) is 4.72. The van der Waals surface area contributed by atoms with E-state index in [0.29, 0.717) is 27.6 Å². The summed E-state index contributed by atoms with van der Waals surface area (Å²) in [5, 5.41) is 0.457. The molecule has 1 aliphatic rings. The van der Waals surface area contributed by atoms with Gasteiger partial charge < -0.3 is 15.2 Å². The molecule has 1 atom stereocenters. The van der Waals surface area contributed by atoms with Crippen LogP contribution in [0.2, 0.25) is 5.02 Å². The van der Waals surface area contributed by atoms with E-state index in [2.05, 4.69) is 0 Å². The number of hydrogen-bond acceptors (Lipinski definition) is 3. The van der Waals surface area contributed by atoms with E-state index in [1.807, 2.05) is 0 Å². The van der Waals surface area contributed by atoms with Gasteiger partial charge in [-0.25, -0.2) is 4.39 Å². The Labute approximate surface area is 114 Å². The molecule has 0 saturated heterocycles. The summed E-state index contributed by atoms with van der Waals surface area (Å²) in [6.07, 6.45) is -0.556. The van der Waals surface area contributed by atoms with Gasteiger partial charge in [0, 0.05) is 22.2 Å². The van der Waals surface area contributed by atoms with Crippen molar-refractivity contribution < 1.29 is 13.9 Å². The molecule has 0 spiro atoms. The monoisotopic (exact) mass is 279 g/mol. The predicted molar refractivity (Wildman–Crippen MR) is 70.9 cm³/mol. The van der Waals surface area contributed by atoms with E-state index in [1.165, 1.54) is 6.07 Å². The molecule has 3 rings (SSSR count). The molecule has 1 heterocycles. The zero-order valence-corrected chi connectivity index (χ0v) is 10.7. The molecule has 0 aliphatic carbocycles. The molecule has 5 heteroatoms. The maximum Gasteiger partial charge on any atom is 0.253 e. The Bertz CT molecular complexity index is 633. The van der Waals surface area contributed by atoms with Crippen LogP contribution < -0.4 is 15.2 Å². The molecule has 98 valence electrons. The fraction of sp³-hybridized carbons (Fsp3) is 0.143. The Hall–Kier alpha value is -1.78. The summed E-state index contributed by atoms with van der Waals surface area (Å²) in [5.41, 5.74) is 6.50. The second-order valence-corrected chi connectivity index (χ2v) is 4.60. The predicted octanol–water partition coefficient (Wildman–Crippen LogP) is 3.20. The van der Waals surface area contributed by atoms with E-state index in [-0.39, 0.29) is 12.4 Å². The van der Waals surface area contributed by atoms with Crippen molar-refractivity contribution in [1.29, 1.82) is 0 Å². The number of fused-ring (bicyclic) bond motifs is 1. The minimum Gasteiger partial charge on any atom is -0.450 e. The summed E-state index contributed by atoms with van der Waals surface area (Å²) in [7, 11) is 0. The van der Waals surface area contributed by atoms with E-state index in [0.717, 1.165) is 0 Å². The highest BCUT2D eigenvalue weighted by molar-refractivity contribution is 6.31. The summed E-state index contributed by atoms with van der Waals surface area (Å²) >= 11 is 6.03. The largest absolute Gasteiger partial charge is 0.450 e. The van der Waals surface area contributed by atoms with Gasteiger partial charge in [0.2, 0.25) is 0 Å². The highest BCUT2D eigenvalue weighted by Crippen LogP contribution is 2.45. The van der Waals surface area contributed by atoms with Crippen LogP contribution in [0.4, 0.5) is 4.39 Å². The van der Waals surface area contributed by atoms with Crippen LogP contribution in [0, 0.1) is 5.82 Å². The van der Waals surface area contributed by atoms with Crippen molar-refractivity contribution in [2.24, 2.45) is 5.73 Å². The number of rotatable bonds is 2. The molecule has 0 aromatic heterocycles. The van der Waals surface area contributed by atoms with Crippen LogP contribution >= 0.6 is 11.6 Å². The van der Waals surface area contributed by atoms with Gasteiger partial charge in [-0.1, -0.05) is 29.8 Å². The number of ether oxygens (including phenoxy) is 2. The van der Waals surface area contributed by atoms with E-state index in [9.17, 15) is 4.39 Å². The lowest BCUT2D eigenvalue weighted by atomic mass is 10.0. The van der Waals surface area contributed by atoms with Gasteiger partial charge in [-0.05, 0) is 12.1 Å². The lowest BCUT2D eigenvalue weighted by Gasteiger charge is -2.09. The van der Waals surface area contributed by atoms with Crippen LogP contribution in [0.1, 0.15) is 0 Å². The minimum absolute atomic E-state index is 0.211. The maximum atomic E-state index is 13.9. The normalized spacial score (nSPS) is 16.7. The highest BCUT2D eigenvalue weighted by Gasteiger charge is 2.27. The molecule has 2 aromatic carbocycles. The SMILES string of the molecule is NCC1Oc2cc(Cl)cc(-c3ccccc3F)c2O1. The number of nitrogens with two attached hydrogens (primary N) is 1. The van der Waals surface area contributed by atoms with E-state index in [1.54, 1.807) is 30.3 Å². The van der Waals surface area contributed by atoms with E-state index in [4.69, 9.17) is 26.8 Å². The van der Waals surface area contributed by atoms with Gasteiger partial charge in [-0.2, -0.15) is 0 Å². The summed E-state index contributed by atoms with van der Waals surface area (Å²) < 4.78 is 25.0. The van der Waals surface area contributed by atoms with Crippen LogP contribution in [-0.2, 0) is 0 Å². The molecule has 0 radical (unpaired) electrons. The Morgan fingerprint density at radius 3 is 2.68 bits per heavy atom. The number of halogens is 2. The van der Waals surface area contributed by atoms with Gasteiger partial charge in [0.25, 0.3) is 6.29 Å². The van der Waals surface area contributed by atoms with Crippen molar-refractivity contribution >= 4 is 11.6 Å². The molecular formula is C14H11ClFNO2. The molecule has 0 bridgehead atoms. The Morgan fingerprint density at radius 2 is 1.95 bits per heavy atom. The summed E-state index contributed by atoms with van der Waals surface area (Å²) in [6.45, 7) is 0.211. The molecule has 0 saturated carbocycles. The molecule has 19 heavy (non-hydrogen) atoms. The van der Waals surface area contributed by atoms with E-state index >= 15 is 0 Å². The summed E-state index contributed by atoms with van der Waals surface area (Å²) in [4.78, 5) is 0. The first kappa shape index (κ1) is 12.3. The maximum absolute atomic E-state index is 13.9. The molecule has 2 aromatic rings. The Balaban J connectivity index is 2.16. The summed E-state index contributed by atoms with van der Waals surface area (Å²) in [6, 6.07) is 9.73. The molecule has 3 nitrogen and oxygen atoms in total. The lowest BCUT2D eigenvalue weighted by molar-refractivity contribution is 0.0583. The van der Waals surface area contributed by atoms with Crippen LogP contribution in [0.25, 0.3) is 11.1 Å². The molecule has 2 N–H and O–H groups in total. The zero-order valence-electron chi connectivity index (χ0n) is 9.90. The van der Waals surface area contributed by atoms with Crippen molar-refractivity contribution in [3.05, 3.63) is 47.2 Å². The second-order valence-electron chi connectivity index (χ2n) is 4.16.